The average Bonchev–Trinajstić information content (AvgIpc) is 2.32. The quantitative estimate of drug-likeness (QED) is 0.639. The van der Waals surface area contributed by atoms with E-state index < -0.39 is 9.84 Å². The van der Waals surface area contributed by atoms with Crippen LogP contribution in [0.15, 0.2) is 53.7 Å². The molecule has 4 nitrogen and oxygen atoms in total. The largest absolute Gasteiger partial charge is 0.618 e. The highest BCUT2D eigenvalue weighted by Crippen LogP contribution is 2.15. The second kappa shape index (κ2) is 4.96. The molecule has 0 fully saturated rings. The number of rotatable bonds is 3. The number of sulfone groups is 1. The third-order valence-corrected chi connectivity index (χ3v) is 4.30. The van der Waals surface area contributed by atoms with E-state index in [4.69, 9.17) is 11.6 Å². The van der Waals surface area contributed by atoms with E-state index in [-0.39, 0.29) is 10.8 Å². The molecule has 0 saturated heterocycles. The van der Waals surface area contributed by atoms with E-state index in [1.165, 1.54) is 18.2 Å². The van der Waals surface area contributed by atoms with Crippen molar-refractivity contribution in [3.8, 4) is 0 Å². The van der Waals surface area contributed by atoms with E-state index >= 15 is 0 Å². The molecule has 0 aliphatic rings. The van der Waals surface area contributed by atoms with Crippen LogP contribution in [0, 0.1) is 5.21 Å². The Morgan fingerprint density at radius 2 is 1.78 bits per heavy atom. The minimum atomic E-state index is -3.65. The molecule has 0 aliphatic heterocycles. The van der Waals surface area contributed by atoms with Crippen LogP contribution in [0.5, 0.6) is 0 Å². The van der Waals surface area contributed by atoms with Crippen molar-refractivity contribution in [2.75, 3.05) is 0 Å². The SMILES string of the molecule is O=S(=O)(Cc1ccc(Cl)cc1)c1cccc[n+]1[O-]. The molecule has 94 valence electrons. The summed E-state index contributed by atoms with van der Waals surface area (Å²) in [6.07, 6.45) is 1.16. The lowest BCUT2D eigenvalue weighted by Crippen LogP contribution is -2.33. The van der Waals surface area contributed by atoms with Gasteiger partial charge in [0, 0.05) is 17.2 Å². The first-order valence-corrected chi connectivity index (χ1v) is 7.17. The first kappa shape index (κ1) is 12.9. The van der Waals surface area contributed by atoms with Crippen molar-refractivity contribution in [3.05, 3.63) is 64.5 Å². The van der Waals surface area contributed by atoms with Crippen molar-refractivity contribution in [2.24, 2.45) is 0 Å². The van der Waals surface area contributed by atoms with Gasteiger partial charge >= 0.3 is 5.03 Å². The van der Waals surface area contributed by atoms with E-state index in [1.54, 1.807) is 24.3 Å². The number of hydrogen-bond donors (Lipinski definition) is 0. The maximum absolute atomic E-state index is 12.1. The Bertz CT molecular complexity index is 653. The molecular formula is C12H10ClNO3S. The molecule has 0 saturated carbocycles. The first-order valence-electron chi connectivity index (χ1n) is 5.14. The molecule has 6 heteroatoms. The molecule has 2 aromatic rings. The summed E-state index contributed by atoms with van der Waals surface area (Å²) in [4.78, 5) is 0. The van der Waals surface area contributed by atoms with Crippen molar-refractivity contribution < 1.29 is 13.1 Å². The van der Waals surface area contributed by atoms with Gasteiger partial charge in [-0.05, 0) is 23.8 Å². The fourth-order valence-electron chi connectivity index (χ4n) is 1.53. The van der Waals surface area contributed by atoms with Gasteiger partial charge in [-0.15, -0.1) is 0 Å². The molecule has 0 N–H and O–H groups in total. The Balaban J connectivity index is 2.33. The molecule has 0 aliphatic carbocycles. The van der Waals surface area contributed by atoms with Gasteiger partial charge in [-0.1, -0.05) is 23.7 Å². The topological polar surface area (TPSA) is 61.1 Å². The molecule has 0 bridgehead atoms. The van der Waals surface area contributed by atoms with Gasteiger partial charge in [0.2, 0.25) is 9.84 Å². The highest BCUT2D eigenvalue weighted by molar-refractivity contribution is 7.90. The lowest BCUT2D eigenvalue weighted by molar-refractivity contribution is -0.646. The van der Waals surface area contributed by atoms with Gasteiger partial charge in [0.25, 0.3) is 0 Å². The van der Waals surface area contributed by atoms with Gasteiger partial charge < -0.3 is 5.21 Å². The maximum Gasteiger partial charge on any atom is 0.308 e. The summed E-state index contributed by atoms with van der Waals surface area (Å²) in [6, 6.07) is 10.8. The Morgan fingerprint density at radius 1 is 1.11 bits per heavy atom. The lowest BCUT2D eigenvalue weighted by atomic mass is 10.2. The van der Waals surface area contributed by atoms with E-state index in [0.29, 0.717) is 15.3 Å². The maximum atomic E-state index is 12.1. The van der Waals surface area contributed by atoms with Crippen molar-refractivity contribution in [3.63, 3.8) is 0 Å². The lowest BCUT2D eigenvalue weighted by Gasteiger charge is -2.05. The van der Waals surface area contributed by atoms with Crippen molar-refractivity contribution in [2.45, 2.75) is 10.8 Å². The van der Waals surface area contributed by atoms with Gasteiger partial charge in [-0.2, -0.15) is 4.73 Å². The Morgan fingerprint density at radius 3 is 2.39 bits per heavy atom. The Labute approximate surface area is 110 Å². The van der Waals surface area contributed by atoms with Gasteiger partial charge in [-0.25, -0.2) is 8.42 Å². The third-order valence-electron chi connectivity index (χ3n) is 2.38. The van der Waals surface area contributed by atoms with Crippen LogP contribution in [0.4, 0.5) is 0 Å². The van der Waals surface area contributed by atoms with E-state index in [2.05, 4.69) is 0 Å². The zero-order valence-corrected chi connectivity index (χ0v) is 10.9. The summed E-state index contributed by atoms with van der Waals surface area (Å²) < 4.78 is 24.5. The normalized spacial score (nSPS) is 11.4. The van der Waals surface area contributed by atoms with Crippen LogP contribution in [0.2, 0.25) is 5.02 Å². The number of halogens is 1. The third kappa shape index (κ3) is 2.80. The number of benzene rings is 1. The van der Waals surface area contributed by atoms with Gasteiger partial charge in [0.05, 0.1) is 5.75 Å². The minimum Gasteiger partial charge on any atom is -0.618 e. The minimum absolute atomic E-state index is 0.226. The predicted octanol–water partition coefficient (Wildman–Crippen LogP) is 1.95. The van der Waals surface area contributed by atoms with E-state index in [9.17, 15) is 13.6 Å². The summed E-state index contributed by atoms with van der Waals surface area (Å²) in [6.45, 7) is 0. The summed E-state index contributed by atoms with van der Waals surface area (Å²) in [7, 11) is -3.65. The fourth-order valence-corrected chi connectivity index (χ4v) is 3.05. The molecular weight excluding hydrogens is 274 g/mol. The summed E-state index contributed by atoms with van der Waals surface area (Å²) in [5, 5.41) is 11.7. The van der Waals surface area contributed by atoms with Crippen LogP contribution < -0.4 is 4.73 Å². The number of aromatic nitrogens is 1. The molecule has 0 spiro atoms. The van der Waals surface area contributed by atoms with Crippen LogP contribution in [0.1, 0.15) is 5.56 Å². The second-order valence-corrected chi connectivity index (χ2v) is 6.12. The molecule has 1 heterocycles. The van der Waals surface area contributed by atoms with E-state index in [0.717, 1.165) is 6.20 Å². The number of hydrogen-bond acceptors (Lipinski definition) is 3. The van der Waals surface area contributed by atoms with Crippen LogP contribution in [-0.2, 0) is 15.6 Å². The van der Waals surface area contributed by atoms with Crippen molar-refractivity contribution >= 4 is 21.4 Å². The van der Waals surface area contributed by atoms with Crippen LogP contribution >= 0.6 is 11.6 Å². The average molecular weight is 284 g/mol. The van der Waals surface area contributed by atoms with Crippen molar-refractivity contribution in [1.82, 2.24) is 0 Å². The van der Waals surface area contributed by atoms with Gasteiger partial charge in [0.15, 0.2) is 6.20 Å². The Hall–Kier alpha value is -1.59. The first-order chi connectivity index (χ1) is 8.49. The molecule has 0 amide bonds. The zero-order valence-electron chi connectivity index (χ0n) is 9.28. The molecule has 0 unspecified atom stereocenters. The number of nitrogens with zero attached hydrogens (tertiary/aromatic N) is 1. The van der Waals surface area contributed by atoms with Crippen LogP contribution in [0.25, 0.3) is 0 Å². The molecule has 18 heavy (non-hydrogen) atoms. The van der Waals surface area contributed by atoms with E-state index in [1.807, 2.05) is 0 Å². The van der Waals surface area contributed by atoms with Gasteiger partial charge in [0.1, 0.15) is 0 Å². The molecule has 0 radical (unpaired) electrons. The monoisotopic (exact) mass is 283 g/mol. The molecule has 1 aromatic carbocycles. The van der Waals surface area contributed by atoms with Crippen LogP contribution in [0.3, 0.4) is 0 Å². The second-order valence-electron chi connectivity index (χ2n) is 3.75. The van der Waals surface area contributed by atoms with Crippen LogP contribution in [-0.4, -0.2) is 8.42 Å². The molecule has 1 aromatic heterocycles. The standard InChI is InChI=1S/C12H10ClNO3S/c13-11-6-4-10(5-7-11)9-18(16,17)12-3-1-2-8-14(12)15/h1-8H,9H2. The fraction of sp³-hybridized carbons (Fsp3) is 0.0833. The highest BCUT2D eigenvalue weighted by atomic mass is 35.5. The highest BCUT2D eigenvalue weighted by Gasteiger charge is 2.23. The molecule has 2 rings (SSSR count). The summed E-state index contributed by atoms with van der Waals surface area (Å²) in [5.74, 6) is -0.226. The predicted molar refractivity (Wildman–Crippen MR) is 67.7 cm³/mol. The Kier molecular flexibility index (Phi) is 3.54. The summed E-state index contributed by atoms with van der Waals surface area (Å²) >= 11 is 5.72. The van der Waals surface area contributed by atoms with Crippen molar-refractivity contribution in [1.29, 1.82) is 0 Å². The van der Waals surface area contributed by atoms with Gasteiger partial charge in [-0.3, -0.25) is 0 Å². The zero-order chi connectivity index (χ0) is 13.2. The smallest absolute Gasteiger partial charge is 0.308 e. The number of pyridine rings is 1. The molecule has 0 atom stereocenters. The summed E-state index contributed by atoms with van der Waals surface area (Å²) in [5.41, 5.74) is 0.586.